The number of rotatable bonds is 3. The predicted octanol–water partition coefficient (Wildman–Crippen LogP) is 2.65. The standard InChI is InChI=1S/C15H11BrN2O4/c16-10-2-3-11(12(19)6-10)15(20)18-17-7-9-1-4-13-14(5-9)22-8-21-13/h1-7,19H,8H2,(H,18,20)/b17-7-. The lowest BCUT2D eigenvalue weighted by Gasteiger charge is -2.03. The molecule has 112 valence electrons. The van der Waals surface area contributed by atoms with Crippen LogP contribution >= 0.6 is 15.9 Å². The summed E-state index contributed by atoms with van der Waals surface area (Å²) in [4.78, 5) is 11.9. The molecular weight excluding hydrogens is 352 g/mol. The summed E-state index contributed by atoms with van der Waals surface area (Å²) in [5, 5.41) is 13.6. The molecule has 22 heavy (non-hydrogen) atoms. The van der Waals surface area contributed by atoms with Gasteiger partial charge in [0, 0.05) is 4.47 Å². The molecule has 6 nitrogen and oxygen atoms in total. The lowest BCUT2D eigenvalue weighted by molar-refractivity contribution is 0.0952. The van der Waals surface area contributed by atoms with Crippen molar-refractivity contribution in [2.24, 2.45) is 5.10 Å². The fourth-order valence-corrected chi connectivity index (χ4v) is 2.26. The number of hydrogen-bond donors (Lipinski definition) is 2. The van der Waals surface area contributed by atoms with Crippen molar-refractivity contribution in [3.63, 3.8) is 0 Å². The summed E-state index contributed by atoms with van der Waals surface area (Å²) in [6, 6.07) is 9.93. The van der Waals surface area contributed by atoms with E-state index in [1.165, 1.54) is 18.3 Å². The number of hydrazone groups is 1. The van der Waals surface area contributed by atoms with Crippen LogP contribution in [0, 0.1) is 0 Å². The normalized spacial score (nSPS) is 12.6. The highest BCUT2D eigenvalue weighted by molar-refractivity contribution is 9.10. The summed E-state index contributed by atoms with van der Waals surface area (Å²) in [7, 11) is 0. The van der Waals surface area contributed by atoms with Crippen LogP contribution in [-0.4, -0.2) is 24.0 Å². The highest BCUT2D eigenvalue weighted by Gasteiger charge is 2.13. The summed E-state index contributed by atoms with van der Waals surface area (Å²) < 4.78 is 11.1. The Morgan fingerprint density at radius 1 is 1.23 bits per heavy atom. The molecule has 2 N–H and O–H groups in total. The average molecular weight is 363 g/mol. The Kier molecular flexibility index (Phi) is 3.97. The molecule has 0 saturated heterocycles. The summed E-state index contributed by atoms with van der Waals surface area (Å²) in [6.45, 7) is 0.204. The van der Waals surface area contributed by atoms with Gasteiger partial charge < -0.3 is 14.6 Å². The SMILES string of the molecule is O=C(N/N=C\c1ccc2c(c1)OCO2)c1ccc(Br)cc1O. The first-order valence-corrected chi connectivity index (χ1v) is 7.14. The number of amides is 1. The molecule has 1 amide bonds. The predicted molar refractivity (Wildman–Crippen MR) is 83.4 cm³/mol. The van der Waals surface area contributed by atoms with E-state index in [0.717, 1.165) is 5.56 Å². The minimum absolute atomic E-state index is 0.120. The number of aromatic hydroxyl groups is 1. The number of carbonyl (C=O) groups is 1. The monoisotopic (exact) mass is 362 g/mol. The van der Waals surface area contributed by atoms with E-state index < -0.39 is 5.91 Å². The summed E-state index contributed by atoms with van der Waals surface area (Å²) >= 11 is 3.21. The van der Waals surface area contributed by atoms with Crippen LogP contribution in [0.3, 0.4) is 0 Å². The van der Waals surface area contributed by atoms with Crippen LogP contribution < -0.4 is 14.9 Å². The van der Waals surface area contributed by atoms with Crippen LogP contribution in [-0.2, 0) is 0 Å². The van der Waals surface area contributed by atoms with Crippen LogP contribution in [0.15, 0.2) is 46.0 Å². The van der Waals surface area contributed by atoms with Crippen molar-refractivity contribution >= 4 is 28.1 Å². The molecule has 0 radical (unpaired) electrons. The van der Waals surface area contributed by atoms with Crippen LogP contribution in [0.25, 0.3) is 0 Å². The van der Waals surface area contributed by atoms with E-state index in [1.54, 1.807) is 24.3 Å². The van der Waals surface area contributed by atoms with Gasteiger partial charge in [-0.3, -0.25) is 4.79 Å². The first-order chi connectivity index (χ1) is 10.6. The molecule has 2 aromatic carbocycles. The molecule has 7 heteroatoms. The van der Waals surface area contributed by atoms with Gasteiger partial charge in [0.05, 0.1) is 11.8 Å². The van der Waals surface area contributed by atoms with Gasteiger partial charge in [-0.15, -0.1) is 0 Å². The van der Waals surface area contributed by atoms with Crippen molar-refractivity contribution in [1.29, 1.82) is 0 Å². The number of ether oxygens (including phenoxy) is 2. The zero-order valence-electron chi connectivity index (χ0n) is 11.2. The second kappa shape index (κ2) is 6.07. The van der Waals surface area contributed by atoms with Gasteiger partial charge in [-0.2, -0.15) is 5.10 Å². The topological polar surface area (TPSA) is 80.2 Å². The van der Waals surface area contributed by atoms with Crippen molar-refractivity contribution in [1.82, 2.24) is 5.43 Å². The maximum atomic E-state index is 11.9. The minimum Gasteiger partial charge on any atom is -0.507 e. The number of nitrogens with one attached hydrogen (secondary N) is 1. The zero-order chi connectivity index (χ0) is 15.5. The van der Waals surface area contributed by atoms with E-state index in [0.29, 0.717) is 16.0 Å². The Hall–Kier alpha value is -2.54. The average Bonchev–Trinajstić information content (AvgIpc) is 2.94. The lowest BCUT2D eigenvalue weighted by Crippen LogP contribution is -2.17. The number of phenolic OH excluding ortho intramolecular Hbond substituents is 1. The smallest absolute Gasteiger partial charge is 0.275 e. The summed E-state index contributed by atoms with van der Waals surface area (Å²) in [6.07, 6.45) is 1.48. The van der Waals surface area contributed by atoms with E-state index in [4.69, 9.17) is 9.47 Å². The van der Waals surface area contributed by atoms with Crippen molar-refractivity contribution < 1.29 is 19.4 Å². The number of halogens is 1. The Bertz CT molecular complexity index is 761. The highest BCUT2D eigenvalue weighted by atomic mass is 79.9. The minimum atomic E-state index is -0.498. The second-order valence-electron chi connectivity index (χ2n) is 4.47. The van der Waals surface area contributed by atoms with Gasteiger partial charge in [0.2, 0.25) is 6.79 Å². The van der Waals surface area contributed by atoms with E-state index in [9.17, 15) is 9.90 Å². The molecule has 0 spiro atoms. The van der Waals surface area contributed by atoms with Gasteiger partial charge in [-0.1, -0.05) is 15.9 Å². The molecule has 0 aromatic heterocycles. The first-order valence-electron chi connectivity index (χ1n) is 6.35. The third-order valence-corrected chi connectivity index (χ3v) is 3.47. The molecule has 0 atom stereocenters. The van der Waals surface area contributed by atoms with Gasteiger partial charge in [0.25, 0.3) is 5.91 Å². The number of benzene rings is 2. The van der Waals surface area contributed by atoms with Gasteiger partial charge in [0.1, 0.15) is 5.75 Å². The zero-order valence-corrected chi connectivity index (χ0v) is 12.8. The quantitative estimate of drug-likeness (QED) is 0.649. The van der Waals surface area contributed by atoms with Gasteiger partial charge in [-0.05, 0) is 42.0 Å². The molecule has 3 rings (SSSR count). The van der Waals surface area contributed by atoms with Crippen LogP contribution in [0.1, 0.15) is 15.9 Å². The van der Waals surface area contributed by atoms with E-state index in [-0.39, 0.29) is 18.1 Å². The van der Waals surface area contributed by atoms with Gasteiger partial charge in [0.15, 0.2) is 11.5 Å². The lowest BCUT2D eigenvalue weighted by atomic mass is 10.2. The number of nitrogens with zero attached hydrogens (tertiary/aromatic N) is 1. The number of phenols is 1. The molecule has 1 aliphatic heterocycles. The highest BCUT2D eigenvalue weighted by Crippen LogP contribution is 2.31. The molecule has 0 fully saturated rings. The molecule has 1 heterocycles. The number of hydrogen-bond acceptors (Lipinski definition) is 5. The maximum Gasteiger partial charge on any atom is 0.275 e. The molecule has 0 saturated carbocycles. The van der Waals surface area contributed by atoms with Crippen LogP contribution in [0.4, 0.5) is 0 Å². The molecule has 0 bridgehead atoms. The Labute approximate surface area is 134 Å². The molecule has 1 aliphatic rings. The maximum absolute atomic E-state index is 11.9. The molecule has 0 aliphatic carbocycles. The first kappa shape index (κ1) is 14.4. The van der Waals surface area contributed by atoms with Crippen LogP contribution in [0.2, 0.25) is 0 Å². The summed E-state index contributed by atoms with van der Waals surface area (Å²) in [5.41, 5.74) is 3.26. The van der Waals surface area contributed by atoms with Crippen molar-refractivity contribution in [3.05, 3.63) is 52.0 Å². The Balaban J connectivity index is 1.68. The summed E-state index contributed by atoms with van der Waals surface area (Å²) in [5.74, 6) is 0.703. The van der Waals surface area contributed by atoms with E-state index in [2.05, 4.69) is 26.5 Å². The molecule has 2 aromatic rings. The Morgan fingerprint density at radius 3 is 2.86 bits per heavy atom. The van der Waals surface area contributed by atoms with Crippen molar-refractivity contribution in [2.45, 2.75) is 0 Å². The van der Waals surface area contributed by atoms with Crippen molar-refractivity contribution in [3.8, 4) is 17.2 Å². The number of fused-ring (bicyclic) bond motifs is 1. The second-order valence-corrected chi connectivity index (χ2v) is 5.39. The van der Waals surface area contributed by atoms with E-state index in [1.807, 2.05) is 0 Å². The Morgan fingerprint density at radius 2 is 2.05 bits per heavy atom. The number of carbonyl (C=O) groups excluding carboxylic acids is 1. The van der Waals surface area contributed by atoms with Gasteiger partial charge >= 0.3 is 0 Å². The molecule has 0 unspecified atom stereocenters. The largest absolute Gasteiger partial charge is 0.507 e. The van der Waals surface area contributed by atoms with E-state index >= 15 is 0 Å². The van der Waals surface area contributed by atoms with Gasteiger partial charge in [-0.25, -0.2) is 5.43 Å². The fraction of sp³-hybridized carbons (Fsp3) is 0.0667. The van der Waals surface area contributed by atoms with Crippen LogP contribution in [0.5, 0.6) is 17.2 Å². The third kappa shape index (κ3) is 3.04. The fourth-order valence-electron chi connectivity index (χ4n) is 1.92. The third-order valence-electron chi connectivity index (χ3n) is 2.98. The van der Waals surface area contributed by atoms with Crippen molar-refractivity contribution in [2.75, 3.05) is 6.79 Å². The molecular formula is C15H11BrN2O4.